The van der Waals surface area contributed by atoms with Crippen LogP contribution in [-0.4, -0.2) is 19.7 Å². The zero-order chi connectivity index (χ0) is 14.8. The Labute approximate surface area is 136 Å². The van der Waals surface area contributed by atoms with Gasteiger partial charge in [0.15, 0.2) is 5.82 Å². The second kappa shape index (κ2) is 5.80. The summed E-state index contributed by atoms with van der Waals surface area (Å²) in [5, 5.41) is 4.26. The van der Waals surface area contributed by atoms with E-state index in [0.29, 0.717) is 11.6 Å². The predicted molar refractivity (Wildman–Crippen MR) is 91.5 cm³/mol. The Kier molecular flexibility index (Phi) is 3.87. The van der Waals surface area contributed by atoms with Crippen LogP contribution in [0.5, 0.6) is 0 Å². The number of nitrogens with two attached hydrogens (primary N) is 1. The van der Waals surface area contributed by atoms with E-state index in [1.165, 1.54) is 0 Å². The molecule has 3 aromatic rings. The molecule has 0 bridgehead atoms. The van der Waals surface area contributed by atoms with E-state index >= 15 is 0 Å². The first-order valence-corrected chi connectivity index (χ1v) is 7.68. The molecule has 0 aliphatic carbocycles. The summed E-state index contributed by atoms with van der Waals surface area (Å²) >= 11 is 2.19. The van der Waals surface area contributed by atoms with Crippen molar-refractivity contribution >= 4 is 28.4 Å². The number of nitrogen functional groups attached to an aromatic ring is 1. The lowest BCUT2D eigenvalue weighted by Gasteiger charge is -2.08. The maximum Gasteiger partial charge on any atom is 0.165 e. The summed E-state index contributed by atoms with van der Waals surface area (Å²) in [7, 11) is 0. The van der Waals surface area contributed by atoms with Crippen molar-refractivity contribution in [1.29, 1.82) is 0 Å². The summed E-state index contributed by atoms with van der Waals surface area (Å²) in [6.07, 6.45) is 3.69. The van der Waals surface area contributed by atoms with Gasteiger partial charge in [-0.3, -0.25) is 4.68 Å². The van der Waals surface area contributed by atoms with Gasteiger partial charge in [0.05, 0.1) is 21.0 Å². The Balaban J connectivity index is 2.14. The van der Waals surface area contributed by atoms with Crippen molar-refractivity contribution < 1.29 is 0 Å². The van der Waals surface area contributed by atoms with Gasteiger partial charge >= 0.3 is 0 Å². The van der Waals surface area contributed by atoms with Crippen LogP contribution in [-0.2, 0) is 6.54 Å². The highest BCUT2D eigenvalue weighted by Crippen LogP contribution is 2.29. The van der Waals surface area contributed by atoms with Crippen molar-refractivity contribution in [3.8, 4) is 22.6 Å². The van der Waals surface area contributed by atoms with Gasteiger partial charge in [-0.25, -0.2) is 9.97 Å². The summed E-state index contributed by atoms with van der Waals surface area (Å²) in [4.78, 5) is 9.05. The van der Waals surface area contributed by atoms with E-state index in [4.69, 9.17) is 5.73 Å². The second-order valence-electron chi connectivity index (χ2n) is 4.55. The van der Waals surface area contributed by atoms with Gasteiger partial charge in [0, 0.05) is 18.3 Å². The molecule has 0 saturated carbocycles. The fourth-order valence-electron chi connectivity index (χ4n) is 2.03. The maximum absolute atomic E-state index is 6.05. The summed E-state index contributed by atoms with van der Waals surface area (Å²) in [6.45, 7) is 2.85. The molecule has 1 aromatic carbocycles. The number of hydrogen-bond donors (Lipinski definition) is 1. The Morgan fingerprint density at radius 1 is 1.14 bits per heavy atom. The largest absolute Gasteiger partial charge is 0.383 e. The van der Waals surface area contributed by atoms with Crippen LogP contribution in [0.15, 0.2) is 42.7 Å². The molecule has 6 heteroatoms. The molecule has 0 fully saturated rings. The molecule has 2 heterocycles. The zero-order valence-corrected chi connectivity index (χ0v) is 13.7. The van der Waals surface area contributed by atoms with E-state index in [9.17, 15) is 0 Å². The summed E-state index contributed by atoms with van der Waals surface area (Å²) in [5.41, 5.74) is 8.80. The number of rotatable bonds is 3. The number of aryl methyl sites for hydroxylation is 1. The van der Waals surface area contributed by atoms with Crippen LogP contribution in [0, 0.1) is 3.57 Å². The van der Waals surface area contributed by atoms with E-state index < -0.39 is 0 Å². The van der Waals surface area contributed by atoms with Crippen molar-refractivity contribution in [3.05, 3.63) is 46.3 Å². The average molecular weight is 391 g/mol. The zero-order valence-electron chi connectivity index (χ0n) is 11.5. The molecule has 0 radical (unpaired) electrons. The molecule has 0 spiro atoms. The third-order valence-corrected chi connectivity index (χ3v) is 4.20. The Morgan fingerprint density at radius 3 is 2.57 bits per heavy atom. The third kappa shape index (κ3) is 2.76. The number of nitrogens with zero attached hydrogens (tertiary/aromatic N) is 4. The van der Waals surface area contributed by atoms with E-state index in [0.717, 1.165) is 26.9 Å². The summed E-state index contributed by atoms with van der Waals surface area (Å²) in [6, 6.07) is 9.98. The Hall–Kier alpha value is -1.96. The van der Waals surface area contributed by atoms with Gasteiger partial charge in [-0.2, -0.15) is 5.10 Å². The molecule has 2 aromatic heterocycles. The minimum Gasteiger partial charge on any atom is -0.383 e. The fourth-order valence-corrected chi connectivity index (χ4v) is 2.59. The molecule has 21 heavy (non-hydrogen) atoms. The highest BCUT2D eigenvalue weighted by Gasteiger charge is 2.14. The first-order valence-electron chi connectivity index (χ1n) is 6.60. The Bertz CT molecular complexity index is 767. The molecule has 0 atom stereocenters. The van der Waals surface area contributed by atoms with E-state index in [2.05, 4.69) is 37.7 Å². The molecule has 2 N–H and O–H groups in total. The Morgan fingerprint density at radius 2 is 1.90 bits per heavy atom. The SMILES string of the molecule is CCn1cc(-c2nc(N)c(I)c(-c3ccccc3)n2)cn1. The van der Waals surface area contributed by atoms with E-state index in [-0.39, 0.29) is 0 Å². The number of hydrogen-bond acceptors (Lipinski definition) is 4. The van der Waals surface area contributed by atoms with Crippen LogP contribution in [0.4, 0.5) is 5.82 Å². The molecule has 106 valence electrons. The number of aromatic nitrogens is 4. The molecule has 3 rings (SSSR count). The molecule has 5 nitrogen and oxygen atoms in total. The molecule has 0 amide bonds. The van der Waals surface area contributed by atoms with Crippen LogP contribution in [0.3, 0.4) is 0 Å². The van der Waals surface area contributed by atoms with Gasteiger partial charge in [0.1, 0.15) is 5.82 Å². The molecule has 0 unspecified atom stereocenters. The topological polar surface area (TPSA) is 69.6 Å². The molecule has 0 aliphatic rings. The first kappa shape index (κ1) is 14.0. The van der Waals surface area contributed by atoms with Gasteiger partial charge in [-0.1, -0.05) is 30.3 Å². The van der Waals surface area contributed by atoms with Crippen molar-refractivity contribution in [2.45, 2.75) is 13.5 Å². The molecule has 0 aliphatic heterocycles. The fraction of sp³-hybridized carbons (Fsp3) is 0.133. The standard InChI is InChI=1S/C15H14IN5/c1-2-21-9-11(8-18-21)15-19-13(12(16)14(17)20-15)10-6-4-3-5-7-10/h3-9H,2H2,1H3,(H2,17,19,20). The number of anilines is 1. The quantitative estimate of drug-likeness (QED) is 0.697. The molecule has 0 saturated heterocycles. The van der Waals surface area contributed by atoms with Gasteiger partial charge in [0.2, 0.25) is 0 Å². The summed E-state index contributed by atoms with van der Waals surface area (Å²) < 4.78 is 2.71. The number of benzene rings is 1. The third-order valence-electron chi connectivity index (χ3n) is 3.14. The van der Waals surface area contributed by atoms with Crippen molar-refractivity contribution in [2.75, 3.05) is 5.73 Å². The van der Waals surface area contributed by atoms with Crippen LogP contribution >= 0.6 is 22.6 Å². The molecular formula is C15H14IN5. The van der Waals surface area contributed by atoms with Gasteiger partial charge in [-0.15, -0.1) is 0 Å². The first-order chi connectivity index (χ1) is 10.2. The van der Waals surface area contributed by atoms with E-state index in [1.54, 1.807) is 6.20 Å². The lowest BCUT2D eigenvalue weighted by Crippen LogP contribution is -2.02. The van der Waals surface area contributed by atoms with Crippen LogP contribution in [0.1, 0.15) is 6.92 Å². The minimum atomic E-state index is 0.490. The second-order valence-corrected chi connectivity index (χ2v) is 5.62. The monoisotopic (exact) mass is 391 g/mol. The van der Waals surface area contributed by atoms with Crippen LogP contribution in [0.2, 0.25) is 0 Å². The van der Waals surface area contributed by atoms with Crippen LogP contribution in [0.25, 0.3) is 22.6 Å². The summed E-state index contributed by atoms with van der Waals surface area (Å²) in [5.74, 6) is 1.09. The number of halogens is 1. The average Bonchev–Trinajstić information content (AvgIpc) is 3.00. The van der Waals surface area contributed by atoms with Crippen molar-refractivity contribution in [3.63, 3.8) is 0 Å². The predicted octanol–water partition coefficient (Wildman–Crippen LogP) is 3.21. The maximum atomic E-state index is 6.05. The van der Waals surface area contributed by atoms with Gasteiger partial charge in [0.25, 0.3) is 0 Å². The smallest absolute Gasteiger partial charge is 0.165 e. The van der Waals surface area contributed by atoms with E-state index in [1.807, 2.05) is 48.1 Å². The minimum absolute atomic E-state index is 0.490. The highest BCUT2D eigenvalue weighted by molar-refractivity contribution is 14.1. The lowest BCUT2D eigenvalue weighted by atomic mass is 10.1. The van der Waals surface area contributed by atoms with Gasteiger partial charge in [-0.05, 0) is 29.5 Å². The normalized spacial score (nSPS) is 10.8. The highest BCUT2D eigenvalue weighted by atomic mass is 127. The van der Waals surface area contributed by atoms with Crippen molar-refractivity contribution in [1.82, 2.24) is 19.7 Å². The van der Waals surface area contributed by atoms with Crippen molar-refractivity contribution in [2.24, 2.45) is 0 Å². The van der Waals surface area contributed by atoms with Gasteiger partial charge < -0.3 is 5.73 Å². The van der Waals surface area contributed by atoms with Crippen LogP contribution < -0.4 is 5.73 Å². The lowest BCUT2D eigenvalue weighted by molar-refractivity contribution is 0.660. The molecular weight excluding hydrogens is 377 g/mol.